The minimum Gasteiger partial charge on any atom is -0.756 e. The molecule has 8 nitrogen and oxygen atoms in total. The SMILES string of the molecule is CC/C=C\C/C=C\C/C=C\C/C=C\CCCCCCCCCCCCCCCCCCCCC(=O)NC(COP(=O)([O-])OCC[N+](C)(C)C)C(O)/C=C/CC/C=C/CCCCCCCCCCCC. The van der Waals surface area contributed by atoms with E-state index in [0.717, 1.165) is 64.2 Å². The molecule has 0 aliphatic rings. The van der Waals surface area contributed by atoms with Crippen LogP contribution in [0.1, 0.15) is 251 Å². The highest BCUT2D eigenvalue weighted by molar-refractivity contribution is 7.45. The van der Waals surface area contributed by atoms with Crippen LogP contribution >= 0.6 is 7.82 Å². The fraction of sp³-hybridized carbons (Fsp3) is 0.783. The number of amides is 1. The van der Waals surface area contributed by atoms with Crippen LogP contribution in [0, 0.1) is 0 Å². The summed E-state index contributed by atoms with van der Waals surface area (Å²) in [6, 6.07) is -0.905. The van der Waals surface area contributed by atoms with Gasteiger partial charge in [0.15, 0.2) is 0 Å². The Labute approximate surface area is 427 Å². The number of allylic oxidation sites excluding steroid dienone is 11. The normalized spacial score (nSPS) is 14.5. The van der Waals surface area contributed by atoms with E-state index in [-0.39, 0.29) is 12.5 Å². The van der Waals surface area contributed by atoms with Crippen molar-refractivity contribution in [2.45, 2.75) is 264 Å². The van der Waals surface area contributed by atoms with Crippen molar-refractivity contribution in [3.63, 3.8) is 0 Å². The number of hydrogen-bond donors (Lipinski definition) is 2. The molecule has 2 N–H and O–H groups in total. The maximum absolute atomic E-state index is 13.0. The van der Waals surface area contributed by atoms with Crippen LogP contribution in [0.25, 0.3) is 0 Å². The van der Waals surface area contributed by atoms with Gasteiger partial charge in [-0.15, -0.1) is 0 Å². The highest BCUT2D eigenvalue weighted by atomic mass is 31.2. The van der Waals surface area contributed by atoms with Crippen molar-refractivity contribution in [3.8, 4) is 0 Å². The molecule has 9 heteroatoms. The smallest absolute Gasteiger partial charge is 0.268 e. The number of aliphatic hydroxyl groups excluding tert-OH is 1. The zero-order valence-corrected chi connectivity index (χ0v) is 46.6. The van der Waals surface area contributed by atoms with Crippen molar-refractivity contribution in [1.82, 2.24) is 5.32 Å². The molecular formula is C60H111N2O6P. The second kappa shape index (κ2) is 50.9. The molecule has 0 aliphatic carbocycles. The van der Waals surface area contributed by atoms with Gasteiger partial charge in [0.25, 0.3) is 7.82 Å². The lowest BCUT2D eigenvalue weighted by Crippen LogP contribution is -2.45. The average molecular weight is 988 g/mol. The summed E-state index contributed by atoms with van der Waals surface area (Å²) in [4.78, 5) is 25.5. The molecule has 0 aliphatic heterocycles. The molecule has 0 saturated carbocycles. The van der Waals surface area contributed by atoms with Gasteiger partial charge in [0, 0.05) is 6.42 Å². The lowest BCUT2D eigenvalue weighted by atomic mass is 10.0. The third-order valence-electron chi connectivity index (χ3n) is 12.7. The van der Waals surface area contributed by atoms with Crippen LogP contribution in [-0.4, -0.2) is 68.5 Å². The van der Waals surface area contributed by atoms with E-state index in [0.29, 0.717) is 17.4 Å². The predicted octanol–water partition coefficient (Wildman–Crippen LogP) is 16.9. The molecule has 3 atom stereocenters. The summed E-state index contributed by atoms with van der Waals surface area (Å²) in [7, 11) is 1.24. The highest BCUT2D eigenvalue weighted by Gasteiger charge is 2.23. The standard InChI is InChI=1S/C60H111N2O6P/c1-6-8-10-12-14-16-18-20-22-24-25-26-27-28-29-30-31-32-33-34-35-36-37-38-40-42-44-46-48-50-52-54-60(64)61-58(57-68-69(65,66)67-56-55-62(3,4)5)59(63)53-51-49-47-45-43-41-39-23-21-19-17-15-13-11-9-7-2/h8,10,14,16,20,22,25-26,43,45,51,53,58-59,63H,6-7,9,11-13,15,17-19,21,23-24,27-42,44,46-50,52,54-57H2,1-5H3,(H-,61,64,65,66)/b10-8-,16-14-,22-20-,26-25-,45-43+,53-51+. The van der Waals surface area contributed by atoms with Crippen LogP contribution in [0.15, 0.2) is 72.9 Å². The Bertz CT molecular complexity index is 1350. The molecule has 0 aromatic heterocycles. The first kappa shape index (κ1) is 66.9. The molecule has 402 valence electrons. The van der Waals surface area contributed by atoms with Crippen LogP contribution in [0.3, 0.4) is 0 Å². The van der Waals surface area contributed by atoms with Gasteiger partial charge in [0.1, 0.15) is 13.2 Å². The van der Waals surface area contributed by atoms with Gasteiger partial charge >= 0.3 is 0 Å². The number of nitrogens with one attached hydrogen (secondary N) is 1. The molecule has 0 aromatic carbocycles. The van der Waals surface area contributed by atoms with Gasteiger partial charge in [-0.25, -0.2) is 0 Å². The van der Waals surface area contributed by atoms with Crippen molar-refractivity contribution >= 4 is 13.7 Å². The van der Waals surface area contributed by atoms with E-state index in [1.165, 1.54) is 167 Å². The molecule has 0 bridgehead atoms. The van der Waals surface area contributed by atoms with E-state index in [2.05, 4.69) is 79.9 Å². The second-order valence-corrected chi connectivity index (χ2v) is 22.0. The first-order chi connectivity index (χ1) is 33.5. The van der Waals surface area contributed by atoms with Crippen LogP contribution in [0.4, 0.5) is 0 Å². The summed E-state index contributed by atoms with van der Waals surface area (Å²) in [5, 5.41) is 13.8. The maximum atomic E-state index is 13.0. The summed E-state index contributed by atoms with van der Waals surface area (Å²) < 4.78 is 23.3. The summed E-state index contributed by atoms with van der Waals surface area (Å²) in [5.41, 5.74) is 0. The molecule has 0 heterocycles. The largest absolute Gasteiger partial charge is 0.756 e. The maximum Gasteiger partial charge on any atom is 0.268 e. The van der Waals surface area contributed by atoms with Gasteiger partial charge in [-0.05, 0) is 70.6 Å². The Hall–Kier alpha value is -2.06. The fourth-order valence-corrected chi connectivity index (χ4v) is 8.88. The van der Waals surface area contributed by atoms with Crippen molar-refractivity contribution in [1.29, 1.82) is 0 Å². The lowest BCUT2D eigenvalue weighted by molar-refractivity contribution is -0.870. The number of phosphoric ester groups is 1. The van der Waals surface area contributed by atoms with Crippen LogP contribution in [0.2, 0.25) is 0 Å². The summed E-state index contributed by atoms with van der Waals surface area (Å²) in [5.74, 6) is -0.207. The van der Waals surface area contributed by atoms with E-state index < -0.39 is 26.6 Å². The number of rotatable bonds is 52. The number of phosphoric acid groups is 1. The van der Waals surface area contributed by atoms with E-state index in [1.807, 2.05) is 27.2 Å². The fourth-order valence-electron chi connectivity index (χ4n) is 8.16. The molecule has 0 fully saturated rings. The van der Waals surface area contributed by atoms with Gasteiger partial charge < -0.3 is 28.8 Å². The first-order valence-electron chi connectivity index (χ1n) is 28.8. The van der Waals surface area contributed by atoms with E-state index in [4.69, 9.17) is 9.05 Å². The van der Waals surface area contributed by atoms with Crippen LogP contribution in [-0.2, 0) is 18.4 Å². The molecule has 0 aromatic rings. The number of hydrogen-bond acceptors (Lipinski definition) is 6. The zero-order valence-electron chi connectivity index (χ0n) is 45.8. The number of nitrogens with zero attached hydrogens (tertiary/aromatic N) is 1. The van der Waals surface area contributed by atoms with Crippen molar-refractivity contribution in [3.05, 3.63) is 72.9 Å². The molecule has 0 saturated heterocycles. The topological polar surface area (TPSA) is 108 Å². The molecule has 1 amide bonds. The molecule has 69 heavy (non-hydrogen) atoms. The summed E-state index contributed by atoms with van der Waals surface area (Å²) in [6.07, 6.45) is 69.9. The number of likely N-dealkylation sites (N-methyl/N-ethyl adjacent to an activating group) is 1. The third-order valence-corrected chi connectivity index (χ3v) is 13.6. The molecule has 3 unspecified atom stereocenters. The number of carbonyl (C=O) groups is 1. The quantitative estimate of drug-likeness (QED) is 0.0272. The summed E-state index contributed by atoms with van der Waals surface area (Å²) >= 11 is 0. The van der Waals surface area contributed by atoms with Gasteiger partial charge in [0.2, 0.25) is 5.91 Å². The first-order valence-corrected chi connectivity index (χ1v) is 30.3. The Balaban J connectivity index is 4.12. The minimum atomic E-state index is -4.60. The van der Waals surface area contributed by atoms with E-state index in [9.17, 15) is 19.4 Å². The Morgan fingerprint density at radius 3 is 1.35 bits per heavy atom. The van der Waals surface area contributed by atoms with Crippen LogP contribution in [0.5, 0.6) is 0 Å². The Morgan fingerprint density at radius 2 is 0.899 bits per heavy atom. The average Bonchev–Trinajstić information content (AvgIpc) is 3.31. The number of quaternary nitrogens is 1. The van der Waals surface area contributed by atoms with Crippen molar-refractivity contribution in [2.75, 3.05) is 40.9 Å². The highest BCUT2D eigenvalue weighted by Crippen LogP contribution is 2.38. The second-order valence-electron chi connectivity index (χ2n) is 20.6. The van der Waals surface area contributed by atoms with E-state index >= 15 is 0 Å². The number of carbonyl (C=O) groups excluding carboxylic acids is 1. The van der Waals surface area contributed by atoms with Gasteiger partial charge in [-0.1, -0.05) is 247 Å². The van der Waals surface area contributed by atoms with Gasteiger partial charge in [-0.2, -0.15) is 0 Å². The summed E-state index contributed by atoms with van der Waals surface area (Å²) in [6.45, 7) is 4.53. The lowest BCUT2D eigenvalue weighted by Gasteiger charge is -2.29. The number of unbranched alkanes of at least 4 members (excludes halogenated alkanes) is 29. The molecule has 0 radical (unpaired) electrons. The van der Waals surface area contributed by atoms with Crippen molar-refractivity contribution < 1.29 is 32.9 Å². The van der Waals surface area contributed by atoms with Gasteiger partial charge in [0.05, 0.1) is 39.9 Å². The Kier molecular flexibility index (Phi) is 49.3. The number of aliphatic hydroxyl groups is 1. The molecule has 0 spiro atoms. The molecule has 0 rings (SSSR count). The predicted molar refractivity (Wildman–Crippen MR) is 297 cm³/mol. The van der Waals surface area contributed by atoms with Gasteiger partial charge in [-0.3, -0.25) is 9.36 Å². The minimum absolute atomic E-state index is 0.00736. The third kappa shape index (κ3) is 53.6. The zero-order chi connectivity index (χ0) is 50.6. The monoisotopic (exact) mass is 987 g/mol. The Morgan fingerprint density at radius 1 is 0.522 bits per heavy atom. The molecular weight excluding hydrogens is 876 g/mol. The van der Waals surface area contributed by atoms with Crippen molar-refractivity contribution in [2.24, 2.45) is 0 Å². The van der Waals surface area contributed by atoms with Crippen LogP contribution < -0.4 is 10.2 Å². The van der Waals surface area contributed by atoms with E-state index in [1.54, 1.807) is 6.08 Å².